The van der Waals surface area contributed by atoms with Crippen molar-refractivity contribution in [3.8, 4) is 0 Å². The quantitative estimate of drug-likeness (QED) is 0.657. The minimum atomic E-state index is 0.178. The molecule has 2 heteroatoms. The molecule has 1 aromatic rings. The van der Waals surface area contributed by atoms with Crippen LogP contribution in [0.1, 0.15) is 11.3 Å². The second-order valence-electron chi connectivity index (χ2n) is 2.24. The highest BCUT2D eigenvalue weighted by atomic mass is 16.3. The van der Waals surface area contributed by atoms with Crippen molar-refractivity contribution in [2.75, 3.05) is 6.61 Å². The molecule has 1 rings (SSSR count). The average molecular weight is 137 g/mol. The zero-order chi connectivity index (χ0) is 7.40. The molecule has 1 heterocycles. The standard InChI is InChI=1S/C8H11NO/c1-7-3-2-5-9-8(7)4-6-10/h2-3,5,10H,4,6H2,1H3. The first-order valence-corrected chi connectivity index (χ1v) is 3.36. The zero-order valence-electron chi connectivity index (χ0n) is 6.04. The van der Waals surface area contributed by atoms with E-state index < -0.39 is 0 Å². The molecule has 0 aliphatic carbocycles. The van der Waals surface area contributed by atoms with Crippen LogP contribution in [0.4, 0.5) is 0 Å². The number of aromatic nitrogens is 1. The molecule has 0 aliphatic heterocycles. The van der Waals surface area contributed by atoms with E-state index >= 15 is 0 Å². The first-order valence-electron chi connectivity index (χ1n) is 3.36. The van der Waals surface area contributed by atoms with Crippen LogP contribution in [-0.2, 0) is 6.42 Å². The van der Waals surface area contributed by atoms with Crippen LogP contribution < -0.4 is 0 Å². The predicted octanol–water partition coefficient (Wildman–Crippen LogP) is 0.925. The van der Waals surface area contributed by atoms with Crippen LogP contribution >= 0.6 is 0 Å². The molecule has 0 radical (unpaired) electrons. The first kappa shape index (κ1) is 7.22. The third kappa shape index (κ3) is 1.54. The first-order chi connectivity index (χ1) is 4.84. The van der Waals surface area contributed by atoms with Crippen molar-refractivity contribution in [1.29, 1.82) is 0 Å². The lowest BCUT2D eigenvalue weighted by molar-refractivity contribution is 0.298. The number of nitrogens with zero attached hydrogens (tertiary/aromatic N) is 1. The largest absolute Gasteiger partial charge is 0.396 e. The number of hydrogen-bond acceptors (Lipinski definition) is 2. The van der Waals surface area contributed by atoms with Crippen LogP contribution in [0.3, 0.4) is 0 Å². The Balaban J connectivity index is 2.81. The molecule has 0 fully saturated rings. The second-order valence-corrected chi connectivity index (χ2v) is 2.24. The number of hydrogen-bond donors (Lipinski definition) is 1. The average Bonchev–Trinajstić information content (AvgIpc) is 1.94. The van der Waals surface area contributed by atoms with E-state index in [0.29, 0.717) is 6.42 Å². The van der Waals surface area contributed by atoms with E-state index in [1.165, 1.54) is 0 Å². The van der Waals surface area contributed by atoms with Gasteiger partial charge in [-0.25, -0.2) is 0 Å². The summed E-state index contributed by atoms with van der Waals surface area (Å²) in [6, 6.07) is 3.90. The smallest absolute Gasteiger partial charge is 0.0486 e. The lowest BCUT2D eigenvalue weighted by atomic mass is 10.2. The number of rotatable bonds is 2. The van der Waals surface area contributed by atoms with Crippen LogP contribution in [0.5, 0.6) is 0 Å². The van der Waals surface area contributed by atoms with Crippen molar-refractivity contribution < 1.29 is 5.11 Å². The van der Waals surface area contributed by atoms with E-state index in [4.69, 9.17) is 5.11 Å². The van der Waals surface area contributed by atoms with Gasteiger partial charge in [-0.3, -0.25) is 4.98 Å². The summed E-state index contributed by atoms with van der Waals surface area (Å²) in [5, 5.41) is 8.60. The molecule has 10 heavy (non-hydrogen) atoms. The molecule has 0 amide bonds. The molecular formula is C8H11NO. The van der Waals surface area contributed by atoms with Crippen LogP contribution in [0, 0.1) is 6.92 Å². The van der Waals surface area contributed by atoms with E-state index in [1.807, 2.05) is 19.1 Å². The van der Waals surface area contributed by atoms with Crippen molar-refractivity contribution in [3.05, 3.63) is 29.6 Å². The molecule has 0 aliphatic rings. The maximum atomic E-state index is 8.60. The van der Waals surface area contributed by atoms with Crippen molar-refractivity contribution >= 4 is 0 Å². The highest BCUT2D eigenvalue weighted by Gasteiger charge is 1.94. The van der Waals surface area contributed by atoms with Crippen molar-refractivity contribution in [2.24, 2.45) is 0 Å². The molecule has 1 aromatic heterocycles. The summed E-state index contributed by atoms with van der Waals surface area (Å²) < 4.78 is 0. The minimum absolute atomic E-state index is 0.178. The Labute approximate surface area is 60.5 Å². The van der Waals surface area contributed by atoms with Gasteiger partial charge < -0.3 is 5.11 Å². The molecule has 0 saturated heterocycles. The fraction of sp³-hybridized carbons (Fsp3) is 0.375. The Bertz CT molecular complexity index is 210. The molecule has 1 N–H and O–H groups in total. The van der Waals surface area contributed by atoms with Gasteiger partial charge in [-0.05, 0) is 18.6 Å². The summed E-state index contributed by atoms with van der Waals surface area (Å²) in [7, 11) is 0. The third-order valence-corrected chi connectivity index (χ3v) is 1.47. The normalized spacial score (nSPS) is 9.80. The maximum Gasteiger partial charge on any atom is 0.0486 e. The molecule has 54 valence electrons. The topological polar surface area (TPSA) is 33.1 Å². The van der Waals surface area contributed by atoms with Gasteiger partial charge in [-0.2, -0.15) is 0 Å². The summed E-state index contributed by atoms with van der Waals surface area (Å²) in [5.41, 5.74) is 2.14. The van der Waals surface area contributed by atoms with Gasteiger partial charge in [-0.1, -0.05) is 6.07 Å². The van der Waals surface area contributed by atoms with Gasteiger partial charge in [0.1, 0.15) is 0 Å². The molecule has 0 spiro atoms. The lowest BCUT2D eigenvalue weighted by Crippen LogP contribution is -1.96. The number of aliphatic hydroxyl groups is 1. The SMILES string of the molecule is Cc1cccnc1CCO. The fourth-order valence-electron chi connectivity index (χ4n) is 0.886. The van der Waals surface area contributed by atoms with Crippen LogP contribution in [-0.4, -0.2) is 16.7 Å². The van der Waals surface area contributed by atoms with E-state index in [0.717, 1.165) is 11.3 Å². The lowest BCUT2D eigenvalue weighted by Gasteiger charge is -1.99. The highest BCUT2D eigenvalue weighted by molar-refractivity contribution is 5.17. The van der Waals surface area contributed by atoms with Gasteiger partial charge in [0, 0.05) is 24.9 Å². The number of aliphatic hydroxyl groups excluding tert-OH is 1. The second kappa shape index (κ2) is 3.32. The van der Waals surface area contributed by atoms with Gasteiger partial charge in [0.25, 0.3) is 0 Å². The van der Waals surface area contributed by atoms with Gasteiger partial charge in [0.15, 0.2) is 0 Å². The maximum absolute atomic E-state index is 8.60. The molecule has 0 saturated carbocycles. The fourth-order valence-corrected chi connectivity index (χ4v) is 0.886. The van der Waals surface area contributed by atoms with Crippen molar-refractivity contribution in [1.82, 2.24) is 4.98 Å². The minimum Gasteiger partial charge on any atom is -0.396 e. The molecule has 2 nitrogen and oxygen atoms in total. The van der Waals surface area contributed by atoms with Gasteiger partial charge >= 0.3 is 0 Å². The summed E-state index contributed by atoms with van der Waals surface area (Å²) in [4.78, 5) is 4.11. The van der Waals surface area contributed by atoms with Crippen molar-refractivity contribution in [2.45, 2.75) is 13.3 Å². The van der Waals surface area contributed by atoms with Gasteiger partial charge in [0.05, 0.1) is 0 Å². The summed E-state index contributed by atoms with van der Waals surface area (Å²) in [5.74, 6) is 0. The third-order valence-electron chi connectivity index (χ3n) is 1.47. The van der Waals surface area contributed by atoms with Gasteiger partial charge in [0.2, 0.25) is 0 Å². The molecule has 0 atom stereocenters. The van der Waals surface area contributed by atoms with Crippen LogP contribution in [0.15, 0.2) is 18.3 Å². The van der Waals surface area contributed by atoms with Crippen molar-refractivity contribution in [3.63, 3.8) is 0 Å². The molecule has 0 bridgehead atoms. The Hall–Kier alpha value is -0.890. The summed E-state index contributed by atoms with van der Waals surface area (Å²) in [6.45, 7) is 2.18. The molecule has 0 unspecified atom stereocenters. The number of aryl methyl sites for hydroxylation is 1. The molecular weight excluding hydrogens is 126 g/mol. The monoisotopic (exact) mass is 137 g/mol. The van der Waals surface area contributed by atoms with E-state index in [-0.39, 0.29) is 6.61 Å². The Morgan fingerprint density at radius 1 is 1.60 bits per heavy atom. The highest BCUT2D eigenvalue weighted by Crippen LogP contribution is 2.02. The predicted molar refractivity (Wildman–Crippen MR) is 39.8 cm³/mol. The number of pyridine rings is 1. The summed E-state index contributed by atoms with van der Waals surface area (Å²) in [6.07, 6.45) is 2.41. The van der Waals surface area contributed by atoms with E-state index in [2.05, 4.69) is 4.98 Å². The Morgan fingerprint density at radius 3 is 3.00 bits per heavy atom. The van der Waals surface area contributed by atoms with Crippen LogP contribution in [0.25, 0.3) is 0 Å². The zero-order valence-corrected chi connectivity index (χ0v) is 6.04. The summed E-state index contributed by atoms with van der Waals surface area (Å²) >= 11 is 0. The van der Waals surface area contributed by atoms with Crippen LogP contribution in [0.2, 0.25) is 0 Å². The van der Waals surface area contributed by atoms with E-state index in [9.17, 15) is 0 Å². The Morgan fingerprint density at radius 2 is 2.40 bits per heavy atom. The van der Waals surface area contributed by atoms with Gasteiger partial charge in [-0.15, -0.1) is 0 Å². The van der Waals surface area contributed by atoms with E-state index in [1.54, 1.807) is 6.20 Å². The molecule has 0 aromatic carbocycles. The Kier molecular flexibility index (Phi) is 2.40.